The maximum Gasteiger partial charge on any atom is 0.408 e. The summed E-state index contributed by atoms with van der Waals surface area (Å²) in [5.41, 5.74) is 7.17. The number of primary amides is 1. The Hall–Kier alpha value is -3.88. The molecule has 9 heteroatoms. The lowest BCUT2D eigenvalue weighted by molar-refractivity contribution is -0.143. The minimum atomic E-state index is -1.30. The molecule has 2 aromatic rings. The van der Waals surface area contributed by atoms with Gasteiger partial charge in [-0.2, -0.15) is 0 Å². The number of aryl methyl sites for hydroxylation is 1. The molecule has 0 saturated heterocycles. The molecule has 2 rings (SSSR count). The van der Waals surface area contributed by atoms with Crippen LogP contribution >= 0.6 is 0 Å². The monoisotopic (exact) mass is 580 g/mol. The van der Waals surface area contributed by atoms with Crippen LogP contribution in [0.25, 0.3) is 0 Å². The third kappa shape index (κ3) is 12.3. The number of nitrogens with zero attached hydrogens (tertiary/aromatic N) is 1. The maximum absolute atomic E-state index is 14.2. The van der Waals surface area contributed by atoms with Crippen LogP contribution in [0, 0.1) is 6.92 Å². The highest BCUT2D eigenvalue weighted by Crippen LogP contribution is 2.25. The highest BCUT2D eigenvalue weighted by Gasteiger charge is 2.36. The van der Waals surface area contributed by atoms with E-state index in [1.807, 2.05) is 61.5 Å². The highest BCUT2D eigenvalue weighted by atomic mass is 16.6. The number of unbranched alkanes of at least 4 members (excludes halogenated alkanes) is 5. The molecule has 42 heavy (non-hydrogen) atoms. The van der Waals surface area contributed by atoms with E-state index in [4.69, 9.17) is 10.5 Å². The molecule has 0 saturated carbocycles. The molecule has 0 bridgehead atoms. The van der Waals surface area contributed by atoms with Gasteiger partial charge in [-0.3, -0.25) is 14.4 Å². The van der Waals surface area contributed by atoms with Crippen LogP contribution in [-0.2, 0) is 25.7 Å². The number of nitrogens with one attached hydrogen (secondary N) is 2. The second-order valence-corrected chi connectivity index (χ2v) is 11.7. The summed E-state index contributed by atoms with van der Waals surface area (Å²) in [6.07, 6.45) is 4.60. The first-order valence-corrected chi connectivity index (χ1v) is 14.9. The number of alkyl carbamates (subject to hydrolysis) is 1. The smallest absolute Gasteiger partial charge is 0.408 e. The quantitative estimate of drug-likeness (QED) is 0.232. The van der Waals surface area contributed by atoms with Crippen LogP contribution in [-0.4, -0.2) is 46.9 Å². The van der Waals surface area contributed by atoms with E-state index in [-0.39, 0.29) is 19.0 Å². The Labute approximate surface area is 250 Å². The molecule has 4 N–H and O–H groups in total. The molecule has 0 aliphatic carbocycles. The minimum Gasteiger partial charge on any atom is -0.444 e. The lowest BCUT2D eigenvalue weighted by Crippen LogP contribution is -2.54. The van der Waals surface area contributed by atoms with Crippen LogP contribution in [0.15, 0.2) is 54.6 Å². The number of nitrogens with two attached hydrogens (primary N) is 1. The maximum atomic E-state index is 14.2. The fourth-order valence-electron chi connectivity index (χ4n) is 4.68. The molecule has 2 atom stereocenters. The average Bonchev–Trinajstić information content (AvgIpc) is 2.91. The fraction of sp³-hybridized carbons (Fsp3) is 0.515. The molecule has 0 heterocycles. The Kier molecular flexibility index (Phi) is 14.0. The molecule has 0 spiro atoms. The summed E-state index contributed by atoms with van der Waals surface area (Å²) in [5.74, 6) is -1.70. The van der Waals surface area contributed by atoms with Gasteiger partial charge in [0.25, 0.3) is 0 Å². The number of carbonyl (C=O) groups is 4. The van der Waals surface area contributed by atoms with Crippen molar-refractivity contribution in [2.45, 2.75) is 104 Å². The van der Waals surface area contributed by atoms with Crippen LogP contribution in [0.3, 0.4) is 0 Å². The fourth-order valence-corrected chi connectivity index (χ4v) is 4.68. The van der Waals surface area contributed by atoms with E-state index in [2.05, 4.69) is 17.6 Å². The Balaban J connectivity index is 2.45. The zero-order valence-corrected chi connectivity index (χ0v) is 25.8. The summed E-state index contributed by atoms with van der Waals surface area (Å²) in [6, 6.07) is 14.7. The number of rotatable bonds is 16. The lowest BCUT2D eigenvalue weighted by atomic mass is 9.99. The highest BCUT2D eigenvalue weighted by molar-refractivity contribution is 5.94. The van der Waals surface area contributed by atoms with Gasteiger partial charge in [0, 0.05) is 13.1 Å². The number of amides is 4. The summed E-state index contributed by atoms with van der Waals surface area (Å²) in [7, 11) is 0. The van der Waals surface area contributed by atoms with Gasteiger partial charge in [0.05, 0.1) is 6.42 Å². The first-order chi connectivity index (χ1) is 19.9. The van der Waals surface area contributed by atoms with Crippen LogP contribution in [0.2, 0.25) is 0 Å². The molecule has 0 aliphatic rings. The SMILES string of the molecule is CCCCCCCCN(C(=O)C(CC(N)=O)NC(=O)OC(C)(C)C)C(C(=O)NCc1ccccc1)c1cccc(C)c1. The molecule has 4 amide bonds. The first kappa shape index (κ1) is 34.3. The molecule has 2 aromatic carbocycles. The number of ether oxygens (including phenoxy) is 1. The summed E-state index contributed by atoms with van der Waals surface area (Å²) >= 11 is 0. The van der Waals surface area contributed by atoms with Gasteiger partial charge in [-0.15, -0.1) is 0 Å². The van der Waals surface area contributed by atoms with E-state index in [1.165, 1.54) is 4.90 Å². The van der Waals surface area contributed by atoms with Crippen molar-refractivity contribution >= 4 is 23.8 Å². The van der Waals surface area contributed by atoms with Crippen LogP contribution in [0.5, 0.6) is 0 Å². The van der Waals surface area contributed by atoms with Crippen molar-refractivity contribution < 1.29 is 23.9 Å². The van der Waals surface area contributed by atoms with Gasteiger partial charge < -0.3 is 26.0 Å². The molecular formula is C33H48N4O5. The van der Waals surface area contributed by atoms with Gasteiger partial charge in [0.15, 0.2) is 0 Å². The number of hydrogen-bond acceptors (Lipinski definition) is 5. The molecule has 9 nitrogen and oxygen atoms in total. The van der Waals surface area contributed by atoms with Crippen molar-refractivity contribution in [3.63, 3.8) is 0 Å². The van der Waals surface area contributed by atoms with E-state index < -0.39 is 42.0 Å². The average molecular weight is 581 g/mol. The van der Waals surface area contributed by atoms with Crippen molar-refractivity contribution in [2.24, 2.45) is 5.73 Å². The standard InChI is InChI=1S/C33H48N4O5/c1-6-7-8-9-10-14-20-37(31(40)27(22-28(34)38)36-32(41)42-33(3,4)5)29(26-19-15-16-24(2)21-26)30(39)35-23-25-17-12-11-13-18-25/h11-13,15-19,21,27,29H,6-10,14,20,22-23H2,1-5H3,(H2,34,38)(H,35,39)(H,36,41). The zero-order chi connectivity index (χ0) is 31.1. The largest absolute Gasteiger partial charge is 0.444 e. The van der Waals surface area contributed by atoms with Crippen LogP contribution in [0.1, 0.15) is 95.4 Å². The molecule has 0 aromatic heterocycles. The Morgan fingerprint density at radius 1 is 0.929 bits per heavy atom. The number of hydrogen-bond donors (Lipinski definition) is 3. The van der Waals surface area contributed by atoms with E-state index >= 15 is 0 Å². The van der Waals surface area contributed by atoms with Crippen LogP contribution in [0.4, 0.5) is 4.79 Å². The molecule has 0 radical (unpaired) electrons. The van der Waals surface area contributed by atoms with Crippen molar-refractivity contribution in [3.05, 3.63) is 71.3 Å². The second-order valence-electron chi connectivity index (χ2n) is 11.7. The topological polar surface area (TPSA) is 131 Å². The molecule has 2 unspecified atom stereocenters. The lowest BCUT2D eigenvalue weighted by Gasteiger charge is -2.34. The predicted molar refractivity (Wildman–Crippen MR) is 164 cm³/mol. The first-order valence-electron chi connectivity index (χ1n) is 14.9. The molecule has 230 valence electrons. The zero-order valence-electron chi connectivity index (χ0n) is 25.8. The third-order valence-electron chi connectivity index (χ3n) is 6.66. The van der Waals surface area contributed by atoms with Crippen molar-refractivity contribution in [1.82, 2.24) is 15.5 Å². The number of carbonyl (C=O) groups excluding carboxylic acids is 4. The molecule has 0 aliphatic heterocycles. The Morgan fingerprint density at radius 3 is 2.21 bits per heavy atom. The Bertz CT molecular complexity index is 1160. The molecular weight excluding hydrogens is 532 g/mol. The summed E-state index contributed by atoms with van der Waals surface area (Å²) in [4.78, 5) is 54.3. The summed E-state index contributed by atoms with van der Waals surface area (Å²) < 4.78 is 5.36. The summed E-state index contributed by atoms with van der Waals surface area (Å²) in [6.45, 7) is 9.71. The van der Waals surface area contributed by atoms with Gasteiger partial charge in [-0.1, -0.05) is 99.2 Å². The van der Waals surface area contributed by atoms with Crippen LogP contribution < -0.4 is 16.4 Å². The predicted octanol–water partition coefficient (Wildman–Crippen LogP) is 5.31. The van der Waals surface area contributed by atoms with Crippen molar-refractivity contribution in [1.29, 1.82) is 0 Å². The van der Waals surface area contributed by atoms with Crippen molar-refractivity contribution in [2.75, 3.05) is 6.54 Å². The van der Waals surface area contributed by atoms with E-state index in [1.54, 1.807) is 20.8 Å². The van der Waals surface area contributed by atoms with Gasteiger partial charge in [-0.05, 0) is 45.2 Å². The second kappa shape index (κ2) is 17.2. The van der Waals surface area contributed by atoms with Gasteiger partial charge in [0.2, 0.25) is 17.7 Å². The van der Waals surface area contributed by atoms with Crippen molar-refractivity contribution in [3.8, 4) is 0 Å². The minimum absolute atomic E-state index is 0.258. The third-order valence-corrected chi connectivity index (χ3v) is 6.66. The summed E-state index contributed by atoms with van der Waals surface area (Å²) in [5, 5.41) is 5.52. The normalized spacial score (nSPS) is 12.6. The van der Waals surface area contributed by atoms with E-state index in [0.29, 0.717) is 12.0 Å². The van der Waals surface area contributed by atoms with E-state index in [9.17, 15) is 19.2 Å². The van der Waals surface area contributed by atoms with E-state index in [0.717, 1.165) is 43.2 Å². The molecule has 0 fully saturated rings. The van der Waals surface area contributed by atoms with Gasteiger partial charge in [0.1, 0.15) is 17.7 Å². The van der Waals surface area contributed by atoms with Gasteiger partial charge >= 0.3 is 6.09 Å². The Morgan fingerprint density at radius 2 is 1.60 bits per heavy atom. The number of benzene rings is 2. The van der Waals surface area contributed by atoms with Gasteiger partial charge in [-0.25, -0.2) is 4.79 Å².